The molecule has 28 heavy (non-hydrogen) atoms. The van der Waals surface area contributed by atoms with Gasteiger partial charge in [0, 0.05) is 38.3 Å². The van der Waals surface area contributed by atoms with Crippen molar-refractivity contribution in [3.8, 4) is 0 Å². The minimum atomic E-state index is -4.48. The summed E-state index contributed by atoms with van der Waals surface area (Å²) in [6.45, 7) is 3.13. The molecule has 3 rings (SSSR count). The summed E-state index contributed by atoms with van der Waals surface area (Å²) in [6.07, 6.45) is -2.56. The maximum Gasteiger partial charge on any atom is 0.417 e. The van der Waals surface area contributed by atoms with Gasteiger partial charge in [0.2, 0.25) is 5.91 Å². The quantitative estimate of drug-likeness (QED) is 0.755. The fraction of sp³-hybridized carbons (Fsp3) is 0.500. The summed E-state index contributed by atoms with van der Waals surface area (Å²) >= 11 is 6.02. The van der Waals surface area contributed by atoms with Gasteiger partial charge < -0.3 is 14.3 Å². The number of carbonyl (C=O) groups is 1. The van der Waals surface area contributed by atoms with Gasteiger partial charge in [-0.1, -0.05) is 16.8 Å². The lowest BCUT2D eigenvalue weighted by molar-refractivity contribution is -0.138. The topological polar surface area (TPSA) is 62.5 Å². The van der Waals surface area contributed by atoms with Gasteiger partial charge in [0.15, 0.2) is 0 Å². The molecule has 0 N–H and O–H groups in total. The molecule has 0 atom stereocenters. The SMILES string of the molecule is Cc1cc(CN(C)C(=O)C2CCN(c3ncc(C(F)(F)F)cc3Cl)CC2)no1. The fourth-order valence-electron chi connectivity index (χ4n) is 3.28. The van der Waals surface area contributed by atoms with E-state index in [1.165, 1.54) is 0 Å². The van der Waals surface area contributed by atoms with Crippen LogP contribution in [0, 0.1) is 12.8 Å². The Morgan fingerprint density at radius 1 is 1.36 bits per heavy atom. The van der Waals surface area contributed by atoms with Gasteiger partial charge in [-0.25, -0.2) is 4.98 Å². The van der Waals surface area contributed by atoms with Crippen molar-refractivity contribution in [2.75, 3.05) is 25.0 Å². The lowest BCUT2D eigenvalue weighted by Gasteiger charge is -2.34. The molecule has 0 radical (unpaired) electrons. The Morgan fingerprint density at radius 3 is 2.57 bits per heavy atom. The normalized spacial score (nSPS) is 15.7. The Kier molecular flexibility index (Phi) is 5.83. The second kappa shape index (κ2) is 7.98. The number of aromatic nitrogens is 2. The number of halogens is 4. The zero-order valence-corrected chi connectivity index (χ0v) is 16.2. The van der Waals surface area contributed by atoms with Crippen LogP contribution in [0.25, 0.3) is 0 Å². The van der Waals surface area contributed by atoms with Crippen molar-refractivity contribution in [1.29, 1.82) is 0 Å². The first-order valence-electron chi connectivity index (χ1n) is 8.80. The summed E-state index contributed by atoms with van der Waals surface area (Å²) in [6, 6.07) is 2.67. The third-order valence-electron chi connectivity index (χ3n) is 4.74. The predicted molar refractivity (Wildman–Crippen MR) is 96.9 cm³/mol. The molecule has 3 heterocycles. The Balaban J connectivity index is 1.59. The molecule has 0 spiro atoms. The Bertz CT molecular complexity index is 848. The number of anilines is 1. The van der Waals surface area contributed by atoms with Gasteiger partial charge >= 0.3 is 6.18 Å². The highest BCUT2D eigenvalue weighted by atomic mass is 35.5. The van der Waals surface area contributed by atoms with Gasteiger partial charge in [-0.15, -0.1) is 0 Å². The monoisotopic (exact) mass is 416 g/mol. The third-order valence-corrected chi connectivity index (χ3v) is 5.02. The summed E-state index contributed by atoms with van der Waals surface area (Å²) in [7, 11) is 1.72. The fourth-order valence-corrected chi connectivity index (χ4v) is 3.57. The maximum absolute atomic E-state index is 12.8. The minimum absolute atomic E-state index is 0.00628. The zero-order valence-electron chi connectivity index (χ0n) is 15.5. The number of carbonyl (C=O) groups excluding carboxylic acids is 1. The van der Waals surface area contributed by atoms with Crippen molar-refractivity contribution in [1.82, 2.24) is 15.0 Å². The molecule has 0 aromatic carbocycles. The van der Waals surface area contributed by atoms with Gasteiger partial charge in [-0.3, -0.25) is 4.79 Å². The molecule has 1 saturated heterocycles. The standard InChI is InChI=1S/C18H20ClF3N4O2/c1-11-7-14(24-28-11)10-25(2)17(27)12-3-5-26(6-4-12)16-15(19)8-13(9-23-16)18(20,21)22/h7-9,12H,3-6,10H2,1-2H3. The van der Waals surface area contributed by atoms with E-state index in [1.54, 1.807) is 24.9 Å². The van der Waals surface area contributed by atoms with Crippen LogP contribution in [0.2, 0.25) is 5.02 Å². The van der Waals surface area contributed by atoms with E-state index in [1.807, 2.05) is 4.90 Å². The molecule has 1 fully saturated rings. The van der Waals surface area contributed by atoms with Gasteiger partial charge in [-0.05, 0) is 25.8 Å². The molecule has 2 aromatic heterocycles. The first-order chi connectivity index (χ1) is 13.1. The molecule has 0 bridgehead atoms. The predicted octanol–water partition coefficient (Wildman–Crippen LogP) is 3.93. The largest absolute Gasteiger partial charge is 0.417 e. The van der Waals surface area contributed by atoms with E-state index in [-0.39, 0.29) is 16.8 Å². The molecule has 152 valence electrons. The zero-order chi connectivity index (χ0) is 20.5. The van der Waals surface area contributed by atoms with Crippen molar-refractivity contribution < 1.29 is 22.5 Å². The van der Waals surface area contributed by atoms with Crippen molar-refractivity contribution in [3.05, 3.63) is 40.4 Å². The van der Waals surface area contributed by atoms with Crippen LogP contribution in [0.15, 0.2) is 22.9 Å². The number of alkyl halides is 3. The molecule has 2 aromatic rings. The van der Waals surface area contributed by atoms with E-state index in [0.29, 0.717) is 49.7 Å². The van der Waals surface area contributed by atoms with Crippen LogP contribution in [0.4, 0.5) is 19.0 Å². The van der Waals surface area contributed by atoms with Gasteiger partial charge in [-0.2, -0.15) is 13.2 Å². The lowest BCUT2D eigenvalue weighted by Crippen LogP contribution is -2.41. The average Bonchev–Trinajstić information content (AvgIpc) is 3.05. The summed E-state index contributed by atoms with van der Waals surface area (Å²) < 4.78 is 43.3. The molecular weight excluding hydrogens is 397 g/mol. The average molecular weight is 417 g/mol. The van der Waals surface area contributed by atoms with Crippen LogP contribution >= 0.6 is 11.6 Å². The van der Waals surface area contributed by atoms with E-state index in [4.69, 9.17) is 16.1 Å². The molecule has 1 amide bonds. The van der Waals surface area contributed by atoms with Crippen LogP contribution in [-0.2, 0) is 17.5 Å². The number of pyridine rings is 1. The van der Waals surface area contributed by atoms with Gasteiger partial charge in [0.1, 0.15) is 17.3 Å². The van der Waals surface area contributed by atoms with Crippen LogP contribution in [-0.4, -0.2) is 41.1 Å². The van der Waals surface area contributed by atoms with Gasteiger partial charge in [0.25, 0.3) is 0 Å². The molecule has 0 aliphatic carbocycles. The lowest BCUT2D eigenvalue weighted by atomic mass is 9.95. The second-order valence-corrected chi connectivity index (χ2v) is 7.32. The van der Waals surface area contributed by atoms with Crippen LogP contribution < -0.4 is 4.90 Å². The summed E-state index contributed by atoms with van der Waals surface area (Å²) in [5, 5.41) is 3.85. The van der Waals surface area contributed by atoms with E-state index in [9.17, 15) is 18.0 Å². The maximum atomic E-state index is 12.8. The summed E-state index contributed by atoms with van der Waals surface area (Å²) in [5.41, 5.74) is -0.192. The van der Waals surface area contributed by atoms with Crippen LogP contribution in [0.3, 0.4) is 0 Å². The van der Waals surface area contributed by atoms with Gasteiger partial charge in [0.05, 0.1) is 17.1 Å². The highest BCUT2D eigenvalue weighted by molar-refractivity contribution is 6.33. The highest BCUT2D eigenvalue weighted by Crippen LogP contribution is 2.34. The number of rotatable bonds is 4. The molecule has 1 aliphatic rings. The third kappa shape index (κ3) is 4.57. The molecular formula is C18H20ClF3N4O2. The van der Waals surface area contributed by atoms with Crippen molar-refractivity contribution in [2.45, 2.75) is 32.5 Å². The smallest absolute Gasteiger partial charge is 0.361 e. The van der Waals surface area contributed by atoms with E-state index in [2.05, 4.69) is 10.1 Å². The highest BCUT2D eigenvalue weighted by Gasteiger charge is 2.33. The van der Waals surface area contributed by atoms with Crippen LogP contribution in [0.5, 0.6) is 0 Å². The van der Waals surface area contributed by atoms with E-state index < -0.39 is 11.7 Å². The van der Waals surface area contributed by atoms with Crippen LogP contribution in [0.1, 0.15) is 29.9 Å². The number of nitrogens with zero attached hydrogens (tertiary/aromatic N) is 4. The first-order valence-corrected chi connectivity index (χ1v) is 9.18. The molecule has 0 unspecified atom stereocenters. The van der Waals surface area contributed by atoms with E-state index >= 15 is 0 Å². The van der Waals surface area contributed by atoms with Crippen molar-refractivity contribution >= 4 is 23.3 Å². The summed E-state index contributed by atoms with van der Waals surface area (Å²) in [4.78, 5) is 20.0. The Labute approximate surface area is 165 Å². The Hall–Kier alpha value is -2.29. The number of aryl methyl sites for hydroxylation is 1. The first kappa shape index (κ1) is 20.4. The summed E-state index contributed by atoms with van der Waals surface area (Å²) in [5.74, 6) is 0.839. The minimum Gasteiger partial charge on any atom is -0.361 e. The molecule has 0 saturated carbocycles. The van der Waals surface area contributed by atoms with Crippen molar-refractivity contribution in [3.63, 3.8) is 0 Å². The number of amides is 1. The molecule has 10 heteroatoms. The number of piperidine rings is 1. The molecule has 1 aliphatic heterocycles. The van der Waals surface area contributed by atoms with Crippen molar-refractivity contribution in [2.24, 2.45) is 5.92 Å². The Morgan fingerprint density at radius 2 is 2.04 bits per heavy atom. The second-order valence-electron chi connectivity index (χ2n) is 6.91. The number of hydrogen-bond donors (Lipinski definition) is 0. The molecule has 6 nitrogen and oxygen atoms in total. The number of hydrogen-bond acceptors (Lipinski definition) is 5. The van der Waals surface area contributed by atoms with E-state index in [0.717, 1.165) is 12.3 Å².